The zero-order valence-corrected chi connectivity index (χ0v) is 17.3. The van der Waals surface area contributed by atoms with Crippen molar-refractivity contribution in [1.82, 2.24) is 10.2 Å². The van der Waals surface area contributed by atoms with E-state index in [4.69, 9.17) is 4.65 Å². The maximum Gasteiger partial charge on any atom is 0.526 e. The minimum atomic E-state index is -1.26. The Balaban J connectivity index is 1.52. The van der Waals surface area contributed by atoms with Crippen LogP contribution in [0.3, 0.4) is 0 Å². The van der Waals surface area contributed by atoms with E-state index in [0.717, 1.165) is 25.8 Å². The fourth-order valence-corrected chi connectivity index (χ4v) is 4.10. The smallest absolute Gasteiger partial charge is 0.526 e. The Bertz CT molecular complexity index is 802. The predicted octanol–water partition coefficient (Wildman–Crippen LogP) is 1.51. The summed E-state index contributed by atoms with van der Waals surface area (Å²) < 4.78 is 5.44. The van der Waals surface area contributed by atoms with Crippen LogP contribution in [-0.2, 0) is 16.0 Å². The molecule has 1 aromatic carbocycles. The van der Waals surface area contributed by atoms with E-state index in [1.807, 2.05) is 0 Å². The number of piperidine rings is 1. The number of fused-ring (bicyclic) bond motifs is 1. The summed E-state index contributed by atoms with van der Waals surface area (Å²) in [5.41, 5.74) is 0.658. The molecule has 1 unspecified atom stereocenters. The number of likely N-dealkylation sites (tertiary alicyclic amines) is 1. The van der Waals surface area contributed by atoms with E-state index >= 15 is 0 Å². The summed E-state index contributed by atoms with van der Waals surface area (Å²) in [7, 11) is -1.26. The molecule has 30 heavy (non-hydrogen) atoms. The molecule has 2 heterocycles. The van der Waals surface area contributed by atoms with Gasteiger partial charge in [-0.25, -0.2) is 4.79 Å². The maximum atomic E-state index is 12.6. The van der Waals surface area contributed by atoms with Crippen molar-refractivity contribution in [3.05, 3.63) is 29.3 Å². The van der Waals surface area contributed by atoms with E-state index in [-0.39, 0.29) is 42.0 Å². The zero-order valence-electron chi connectivity index (χ0n) is 17.3. The summed E-state index contributed by atoms with van der Waals surface area (Å²) in [6, 6.07) is 4.96. The van der Waals surface area contributed by atoms with Gasteiger partial charge in [-0.1, -0.05) is 25.5 Å². The Labute approximate surface area is 176 Å². The van der Waals surface area contributed by atoms with Crippen molar-refractivity contribution in [3.8, 4) is 5.75 Å². The zero-order chi connectivity index (χ0) is 21.7. The van der Waals surface area contributed by atoms with Gasteiger partial charge < -0.3 is 25.0 Å². The second-order valence-corrected chi connectivity index (χ2v) is 8.13. The van der Waals surface area contributed by atoms with Gasteiger partial charge in [-0.05, 0) is 37.4 Å². The summed E-state index contributed by atoms with van der Waals surface area (Å²) in [6.45, 7) is 3.60. The van der Waals surface area contributed by atoms with Crippen LogP contribution in [-0.4, -0.2) is 65.5 Å². The highest BCUT2D eigenvalue weighted by molar-refractivity contribution is 6.47. The standard InChI is InChI=1S/C21H29BN2O6/c1-2-3-8-23-16-7-9-24(19(26)12-16)13-17(25)11-15-10-14-5-4-6-18(21(27)28)20(14)30-22(15)29/h4-6,15-16,23,29H,2-3,7-13H2,1H3,(H,27,28)/t15-,16?/m1/s1. The number of aromatic carboxylic acids is 1. The van der Waals surface area contributed by atoms with Crippen molar-refractivity contribution >= 4 is 24.8 Å². The molecule has 0 saturated carbocycles. The van der Waals surface area contributed by atoms with E-state index in [0.29, 0.717) is 24.9 Å². The highest BCUT2D eigenvalue weighted by atomic mass is 16.5. The van der Waals surface area contributed by atoms with Crippen LogP contribution in [0, 0.1) is 0 Å². The molecule has 1 saturated heterocycles. The van der Waals surface area contributed by atoms with E-state index in [9.17, 15) is 24.5 Å². The average molecular weight is 416 g/mol. The lowest BCUT2D eigenvalue weighted by atomic mass is 9.64. The van der Waals surface area contributed by atoms with Gasteiger partial charge in [0.2, 0.25) is 5.91 Å². The maximum absolute atomic E-state index is 12.6. The number of nitrogens with zero attached hydrogens (tertiary/aromatic N) is 1. The van der Waals surface area contributed by atoms with Crippen molar-refractivity contribution in [2.24, 2.45) is 0 Å². The van der Waals surface area contributed by atoms with Crippen LogP contribution in [0.5, 0.6) is 5.75 Å². The lowest BCUT2D eigenvalue weighted by Gasteiger charge is -2.32. The summed E-state index contributed by atoms with van der Waals surface area (Å²) in [4.78, 5) is 37.9. The van der Waals surface area contributed by atoms with Crippen molar-refractivity contribution in [2.45, 2.75) is 57.3 Å². The van der Waals surface area contributed by atoms with Gasteiger partial charge in [-0.3, -0.25) is 9.59 Å². The highest BCUT2D eigenvalue weighted by Gasteiger charge is 2.38. The first-order valence-electron chi connectivity index (χ1n) is 10.6. The van der Waals surface area contributed by atoms with Crippen molar-refractivity contribution in [2.75, 3.05) is 19.6 Å². The molecule has 1 fully saturated rings. The number of carboxylic acid groups (broad SMARTS) is 1. The molecule has 162 valence electrons. The summed E-state index contributed by atoms with van der Waals surface area (Å²) in [6.07, 6.45) is 3.82. The number of carbonyl (C=O) groups excluding carboxylic acids is 2. The topological polar surface area (TPSA) is 116 Å². The first-order chi connectivity index (χ1) is 14.4. The van der Waals surface area contributed by atoms with Crippen LogP contribution in [0.4, 0.5) is 0 Å². The number of benzene rings is 1. The Morgan fingerprint density at radius 1 is 1.33 bits per heavy atom. The van der Waals surface area contributed by atoms with Crippen molar-refractivity contribution < 1.29 is 29.2 Å². The second-order valence-electron chi connectivity index (χ2n) is 8.13. The number of rotatable bonds is 9. The first kappa shape index (κ1) is 22.3. The third-order valence-corrected chi connectivity index (χ3v) is 5.79. The largest absolute Gasteiger partial charge is 0.535 e. The summed E-state index contributed by atoms with van der Waals surface area (Å²) in [5.74, 6) is -1.60. The Kier molecular flexibility index (Phi) is 7.50. The molecule has 2 aliphatic heterocycles. The molecule has 3 N–H and O–H groups in total. The Morgan fingerprint density at radius 3 is 2.83 bits per heavy atom. The third-order valence-electron chi connectivity index (χ3n) is 5.79. The normalized spacial score (nSPS) is 21.2. The number of carboxylic acids is 1. The number of hydrogen-bond acceptors (Lipinski definition) is 6. The van der Waals surface area contributed by atoms with Crippen molar-refractivity contribution in [3.63, 3.8) is 0 Å². The molecule has 1 amide bonds. The molecule has 0 aromatic heterocycles. The van der Waals surface area contributed by atoms with Gasteiger partial charge in [0.15, 0.2) is 5.78 Å². The minimum absolute atomic E-state index is 0.00246. The molecule has 9 heteroatoms. The molecule has 0 spiro atoms. The summed E-state index contributed by atoms with van der Waals surface area (Å²) in [5, 5.41) is 23.0. The van der Waals surface area contributed by atoms with Gasteiger partial charge in [0.25, 0.3) is 0 Å². The molecule has 1 aromatic rings. The van der Waals surface area contributed by atoms with Gasteiger partial charge in [-0.2, -0.15) is 0 Å². The van der Waals surface area contributed by atoms with Gasteiger partial charge in [0.1, 0.15) is 5.75 Å². The van der Waals surface area contributed by atoms with Crippen LogP contribution >= 0.6 is 0 Å². The van der Waals surface area contributed by atoms with Crippen LogP contribution in [0.1, 0.15) is 54.9 Å². The molecule has 0 aliphatic carbocycles. The quantitative estimate of drug-likeness (QED) is 0.413. The molecule has 0 bridgehead atoms. The molecule has 2 aliphatic rings. The molecule has 8 nitrogen and oxygen atoms in total. The highest BCUT2D eigenvalue weighted by Crippen LogP contribution is 2.36. The fourth-order valence-electron chi connectivity index (χ4n) is 4.10. The Morgan fingerprint density at radius 2 is 2.13 bits per heavy atom. The minimum Gasteiger partial charge on any atom is -0.535 e. The van der Waals surface area contributed by atoms with Gasteiger partial charge in [-0.15, -0.1) is 0 Å². The number of Topliss-reactive ketones (excluding diaryl/α,β-unsaturated/α-hetero) is 1. The lowest BCUT2D eigenvalue weighted by Crippen LogP contribution is -2.48. The van der Waals surface area contributed by atoms with Gasteiger partial charge in [0.05, 0.1) is 12.1 Å². The van der Waals surface area contributed by atoms with Crippen molar-refractivity contribution in [1.29, 1.82) is 0 Å². The number of ketones is 1. The average Bonchev–Trinajstić information content (AvgIpc) is 2.70. The number of amides is 1. The molecular weight excluding hydrogens is 387 g/mol. The van der Waals surface area contributed by atoms with Gasteiger partial charge >= 0.3 is 13.1 Å². The van der Waals surface area contributed by atoms with Crippen LogP contribution in [0.15, 0.2) is 18.2 Å². The van der Waals surface area contributed by atoms with E-state index in [1.54, 1.807) is 17.0 Å². The lowest BCUT2D eigenvalue weighted by molar-refractivity contribution is -0.138. The molecular formula is C21H29BN2O6. The number of carbonyl (C=O) groups is 3. The first-order valence-corrected chi connectivity index (χ1v) is 10.6. The van der Waals surface area contributed by atoms with E-state index < -0.39 is 18.9 Å². The second kappa shape index (κ2) is 10.1. The molecule has 0 radical (unpaired) electrons. The van der Waals surface area contributed by atoms with Crippen LogP contribution in [0.2, 0.25) is 5.82 Å². The molecule has 3 rings (SSSR count). The fraction of sp³-hybridized carbons (Fsp3) is 0.571. The van der Waals surface area contributed by atoms with Crippen LogP contribution in [0.25, 0.3) is 0 Å². The number of nitrogens with one attached hydrogen (secondary N) is 1. The SMILES string of the molecule is CCCCNC1CCN(CC(=O)C[C@H]2Cc3cccc(C(=O)O)c3OB2O)C(=O)C1. The number of para-hydroxylation sites is 1. The summed E-state index contributed by atoms with van der Waals surface area (Å²) >= 11 is 0. The monoisotopic (exact) mass is 416 g/mol. The van der Waals surface area contributed by atoms with Crippen LogP contribution < -0.4 is 9.97 Å². The Hall–Kier alpha value is -2.39. The number of hydrogen-bond donors (Lipinski definition) is 3. The number of unbranched alkanes of at least 4 members (excludes halogenated alkanes) is 1. The van der Waals surface area contributed by atoms with E-state index in [1.165, 1.54) is 6.07 Å². The molecule has 2 atom stereocenters. The van der Waals surface area contributed by atoms with E-state index in [2.05, 4.69) is 12.2 Å². The third kappa shape index (κ3) is 5.40. The van der Waals surface area contributed by atoms with Gasteiger partial charge in [0, 0.05) is 31.2 Å². The predicted molar refractivity (Wildman–Crippen MR) is 112 cm³/mol.